The van der Waals surface area contributed by atoms with Gasteiger partial charge < -0.3 is 0 Å². The quantitative estimate of drug-likeness (QED) is 0.224. The number of nitrogens with one attached hydrogen (secondary N) is 2. The van der Waals surface area contributed by atoms with Crippen molar-refractivity contribution in [2.45, 2.75) is 12.3 Å². The van der Waals surface area contributed by atoms with Crippen LogP contribution in [0.1, 0.15) is 12.5 Å². The van der Waals surface area contributed by atoms with Crippen molar-refractivity contribution in [3.8, 4) is 0 Å². The summed E-state index contributed by atoms with van der Waals surface area (Å²) >= 11 is 0. The zero-order valence-electron chi connectivity index (χ0n) is 9.77. The van der Waals surface area contributed by atoms with Crippen LogP contribution in [0.25, 0.3) is 0 Å². The van der Waals surface area contributed by atoms with Gasteiger partial charge in [-0.3, -0.25) is 25.2 Å². The first kappa shape index (κ1) is 13.8. The molecular formula is C11H14N4O3. The molecule has 1 aromatic rings. The third-order valence-corrected chi connectivity index (χ3v) is 2.68. The van der Waals surface area contributed by atoms with E-state index in [1.807, 2.05) is 10.9 Å². The number of rotatable bonds is 4. The summed E-state index contributed by atoms with van der Waals surface area (Å²) in [6, 6.07) is 7.84. The first-order chi connectivity index (χ1) is 8.51. The van der Waals surface area contributed by atoms with E-state index < -0.39 is 23.0 Å². The molecule has 0 heterocycles. The highest BCUT2D eigenvalue weighted by molar-refractivity contribution is 6.28. The third kappa shape index (κ3) is 1.96. The molecule has 0 aliphatic heterocycles. The van der Waals surface area contributed by atoms with Gasteiger partial charge in [-0.05, 0) is 12.5 Å². The van der Waals surface area contributed by atoms with Crippen molar-refractivity contribution in [1.29, 1.82) is 0 Å². The number of hydrogen-bond acceptors (Lipinski definition) is 5. The molecule has 0 saturated heterocycles. The van der Waals surface area contributed by atoms with E-state index in [0.717, 1.165) is 6.92 Å². The molecule has 18 heavy (non-hydrogen) atoms. The normalized spacial score (nSPS) is 10.6. The van der Waals surface area contributed by atoms with Crippen LogP contribution >= 0.6 is 0 Å². The molecule has 0 atom stereocenters. The van der Waals surface area contributed by atoms with Crippen LogP contribution in [-0.2, 0) is 19.8 Å². The van der Waals surface area contributed by atoms with Gasteiger partial charge in [0, 0.05) is 0 Å². The molecule has 0 fully saturated rings. The van der Waals surface area contributed by atoms with Crippen LogP contribution in [-0.4, -0.2) is 17.6 Å². The fraction of sp³-hybridized carbons (Fsp3) is 0.182. The second kappa shape index (κ2) is 5.39. The van der Waals surface area contributed by atoms with Gasteiger partial charge in [0.2, 0.25) is 5.41 Å². The summed E-state index contributed by atoms with van der Waals surface area (Å²) in [5.74, 6) is 7.54. The van der Waals surface area contributed by atoms with E-state index in [2.05, 4.69) is 0 Å². The molecule has 1 rings (SSSR count). The Balaban J connectivity index is 3.54. The van der Waals surface area contributed by atoms with E-state index in [0.29, 0.717) is 0 Å². The van der Waals surface area contributed by atoms with Crippen molar-refractivity contribution >= 4 is 17.6 Å². The van der Waals surface area contributed by atoms with E-state index >= 15 is 0 Å². The third-order valence-electron chi connectivity index (χ3n) is 2.68. The van der Waals surface area contributed by atoms with Gasteiger partial charge in [0.05, 0.1) is 0 Å². The molecule has 96 valence electrons. The molecule has 0 radical (unpaired) electrons. The van der Waals surface area contributed by atoms with Crippen molar-refractivity contribution in [3.05, 3.63) is 35.9 Å². The minimum atomic E-state index is -2.08. The Bertz CT molecular complexity index is 456. The Labute approximate surface area is 103 Å². The summed E-state index contributed by atoms with van der Waals surface area (Å²) in [7, 11) is 0. The summed E-state index contributed by atoms with van der Waals surface area (Å²) in [4.78, 5) is 35.6. The van der Waals surface area contributed by atoms with Gasteiger partial charge in [0.1, 0.15) is 0 Å². The summed E-state index contributed by atoms with van der Waals surface area (Å²) in [5.41, 5.74) is 1.77. The fourth-order valence-corrected chi connectivity index (χ4v) is 1.79. The first-order valence-electron chi connectivity index (χ1n) is 5.10. The summed E-state index contributed by atoms with van der Waals surface area (Å²) < 4.78 is 0. The van der Waals surface area contributed by atoms with Gasteiger partial charge in [-0.15, -0.1) is 0 Å². The molecule has 0 bridgehead atoms. The van der Waals surface area contributed by atoms with Crippen LogP contribution in [0.5, 0.6) is 0 Å². The summed E-state index contributed by atoms with van der Waals surface area (Å²) in [6.45, 7) is 1.12. The van der Waals surface area contributed by atoms with Gasteiger partial charge in [0.25, 0.3) is 11.8 Å². The molecule has 0 aliphatic carbocycles. The molecule has 6 N–H and O–H groups in total. The highest BCUT2D eigenvalue weighted by atomic mass is 16.2. The lowest BCUT2D eigenvalue weighted by molar-refractivity contribution is -0.144. The maximum Gasteiger partial charge on any atom is 0.261 e. The minimum Gasteiger partial charge on any atom is -0.298 e. The van der Waals surface area contributed by atoms with Gasteiger partial charge in [0.15, 0.2) is 5.78 Å². The number of Topliss-reactive ketones (excluding diaryl/α,β-unsaturated/α-hetero) is 1. The Morgan fingerprint density at radius 3 is 1.78 bits per heavy atom. The van der Waals surface area contributed by atoms with Crippen LogP contribution < -0.4 is 22.5 Å². The highest BCUT2D eigenvalue weighted by Gasteiger charge is 2.51. The zero-order valence-corrected chi connectivity index (χ0v) is 9.77. The molecule has 0 spiro atoms. The Hall–Kier alpha value is -2.25. The lowest BCUT2D eigenvalue weighted by Crippen LogP contribution is -2.61. The number of hydrogen-bond donors (Lipinski definition) is 4. The number of carbonyl (C=O) groups excluding carboxylic acids is 3. The molecule has 0 aliphatic rings. The molecule has 0 aromatic heterocycles. The maximum absolute atomic E-state index is 11.9. The summed E-state index contributed by atoms with van der Waals surface area (Å²) in [5, 5.41) is 0. The Morgan fingerprint density at radius 2 is 1.44 bits per heavy atom. The topological polar surface area (TPSA) is 127 Å². The van der Waals surface area contributed by atoms with E-state index in [1.165, 1.54) is 12.1 Å². The molecular weight excluding hydrogens is 236 g/mol. The van der Waals surface area contributed by atoms with Gasteiger partial charge >= 0.3 is 0 Å². The smallest absolute Gasteiger partial charge is 0.261 e. The van der Waals surface area contributed by atoms with Gasteiger partial charge in [-0.2, -0.15) is 0 Å². The highest BCUT2D eigenvalue weighted by Crippen LogP contribution is 2.26. The SMILES string of the molecule is CC(=O)C(C(=O)NN)(C(=O)NN)c1ccccc1. The largest absolute Gasteiger partial charge is 0.298 e. The lowest BCUT2D eigenvalue weighted by atomic mass is 9.75. The number of hydrazine groups is 2. The maximum atomic E-state index is 11.9. The zero-order chi connectivity index (χ0) is 13.8. The van der Waals surface area contributed by atoms with Crippen LogP contribution in [0, 0.1) is 0 Å². The second-order valence-corrected chi connectivity index (χ2v) is 3.62. The van der Waals surface area contributed by atoms with Crippen LogP contribution in [0.3, 0.4) is 0 Å². The van der Waals surface area contributed by atoms with E-state index in [-0.39, 0.29) is 5.56 Å². The number of ketones is 1. The Kier molecular flexibility index (Phi) is 4.13. The number of carbonyl (C=O) groups is 3. The molecule has 2 amide bonds. The fourth-order valence-electron chi connectivity index (χ4n) is 1.79. The number of nitrogens with two attached hydrogens (primary N) is 2. The Morgan fingerprint density at radius 1 is 1.00 bits per heavy atom. The summed E-state index contributed by atoms with van der Waals surface area (Å²) in [6.07, 6.45) is 0. The van der Waals surface area contributed by atoms with Crippen molar-refractivity contribution in [1.82, 2.24) is 10.9 Å². The first-order valence-corrected chi connectivity index (χ1v) is 5.10. The van der Waals surface area contributed by atoms with E-state index in [4.69, 9.17) is 11.7 Å². The number of benzene rings is 1. The predicted octanol–water partition coefficient (Wildman–Crippen LogP) is -1.51. The average molecular weight is 250 g/mol. The van der Waals surface area contributed by atoms with E-state index in [9.17, 15) is 14.4 Å². The van der Waals surface area contributed by atoms with Crippen LogP contribution in [0.2, 0.25) is 0 Å². The molecule has 1 aromatic carbocycles. The van der Waals surface area contributed by atoms with Crippen molar-refractivity contribution < 1.29 is 14.4 Å². The monoisotopic (exact) mass is 250 g/mol. The van der Waals surface area contributed by atoms with Crippen molar-refractivity contribution in [2.75, 3.05) is 0 Å². The molecule has 7 nitrogen and oxygen atoms in total. The van der Waals surface area contributed by atoms with E-state index in [1.54, 1.807) is 18.2 Å². The lowest BCUT2D eigenvalue weighted by Gasteiger charge is -2.27. The van der Waals surface area contributed by atoms with Crippen LogP contribution in [0.15, 0.2) is 30.3 Å². The van der Waals surface area contributed by atoms with Gasteiger partial charge in [-0.1, -0.05) is 30.3 Å². The standard InChI is InChI=1S/C11H14N4O3/c1-7(16)11(9(17)14-12,10(18)15-13)8-5-3-2-4-6-8/h2-6H,12-13H2,1H3,(H,14,17)(H,15,18). The van der Waals surface area contributed by atoms with Gasteiger partial charge in [-0.25, -0.2) is 11.7 Å². The number of amides is 2. The predicted molar refractivity (Wildman–Crippen MR) is 63.5 cm³/mol. The van der Waals surface area contributed by atoms with Crippen LogP contribution in [0.4, 0.5) is 0 Å². The molecule has 0 unspecified atom stereocenters. The minimum absolute atomic E-state index is 0.198. The van der Waals surface area contributed by atoms with Crippen molar-refractivity contribution in [2.24, 2.45) is 11.7 Å². The van der Waals surface area contributed by atoms with Crippen molar-refractivity contribution in [3.63, 3.8) is 0 Å². The second-order valence-electron chi connectivity index (χ2n) is 3.62. The molecule has 0 saturated carbocycles. The molecule has 7 heteroatoms. The average Bonchev–Trinajstić information content (AvgIpc) is 2.39.